The highest BCUT2D eigenvalue weighted by atomic mass is 32.2. The van der Waals surface area contributed by atoms with Crippen molar-refractivity contribution in [2.45, 2.75) is 19.7 Å². The van der Waals surface area contributed by atoms with Crippen molar-refractivity contribution in [3.8, 4) is 11.5 Å². The number of pyridine rings is 1. The molecule has 10 nitrogen and oxygen atoms in total. The molecule has 0 fully saturated rings. The van der Waals surface area contributed by atoms with Crippen LogP contribution in [-0.2, 0) is 29.7 Å². The number of ether oxygens (including phenoxy) is 2. The number of fused-ring (bicyclic) bond motifs is 2. The van der Waals surface area contributed by atoms with Crippen LogP contribution in [0.1, 0.15) is 37.4 Å². The quantitative estimate of drug-likeness (QED) is 0.314. The molecule has 1 aliphatic heterocycles. The molecule has 5 rings (SSSR count). The Morgan fingerprint density at radius 2 is 1.90 bits per heavy atom. The molecule has 0 unspecified atom stereocenters. The summed E-state index contributed by atoms with van der Waals surface area (Å²) in [5, 5.41) is 2.99. The Bertz CT molecular complexity index is 1810. The van der Waals surface area contributed by atoms with Crippen molar-refractivity contribution >= 4 is 38.4 Å². The number of carbonyl (C=O) groups excluding carboxylic acids is 2. The molecule has 0 aliphatic carbocycles. The summed E-state index contributed by atoms with van der Waals surface area (Å²) in [5.41, 5.74) is 2.61. The van der Waals surface area contributed by atoms with Gasteiger partial charge in [0, 0.05) is 49.9 Å². The Morgan fingerprint density at radius 1 is 1.17 bits per heavy atom. The van der Waals surface area contributed by atoms with E-state index in [9.17, 15) is 22.4 Å². The molecule has 3 aromatic carbocycles. The number of carbonyl (C=O) groups is 2. The van der Waals surface area contributed by atoms with Gasteiger partial charge in [0.1, 0.15) is 23.7 Å². The van der Waals surface area contributed by atoms with E-state index >= 15 is 0 Å². The standard InChI is InChI=1S/C30H29FN4O6S/c1-32-29(36)23-14-20(31)10-9-19(23)15-35-16-24-25(30(35)37)28(41-17-18-7-11-21(40-3)12-8-18)26-22(6-5-13-33-26)27(24)34(2)42(4,38)39/h5-14H,15-17H2,1-4H3,(H,32,36). The molecule has 2 heterocycles. The maximum atomic E-state index is 14.1. The van der Waals surface area contributed by atoms with Crippen LogP contribution in [0.25, 0.3) is 10.9 Å². The highest BCUT2D eigenvalue weighted by Crippen LogP contribution is 2.45. The second-order valence-electron chi connectivity index (χ2n) is 9.84. The molecule has 0 bridgehead atoms. The zero-order valence-corrected chi connectivity index (χ0v) is 24.3. The number of aromatic nitrogens is 1. The maximum absolute atomic E-state index is 14.1. The van der Waals surface area contributed by atoms with Crippen LogP contribution < -0.4 is 19.1 Å². The fourth-order valence-electron chi connectivity index (χ4n) is 5.02. The average molecular weight is 593 g/mol. The number of hydrogen-bond donors (Lipinski definition) is 1. The molecule has 4 aromatic rings. The van der Waals surface area contributed by atoms with E-state index in [-0.39, 0.29) is 36.6 Å². The Labute approximate surface area is 242 Å². The van der Waals surface area contributed by atoms with Crippen molar-refractivity contribution < 1.29 is 31.9 Å². The van der Waals surface area contributed by atoms with Crippen LogP contribution in [0, 0.1) is 5.82 Å². The number of rotatable bonds is 9. The number of halogens is 1. The minimum Gasteiger partial charge on any atom is -0.497 e. The Kier molecular flexibility index (Phi) is 7.74. The molecule has 0 saturated carbocycles. The van der Waals surface area contributed by atoms with Crippen molar-refractivity contribution in [2.24, 2.45) is 0 Å². The van der Waals surface area contributed by atoms with E-state index in [1.165, 1.54) is 31.1 Å². The molecule has 1 aromatic heterocycles. The number of nitrogens with one attached hydrogen (secondary N) is 1. The summed E-state index contributed by atoms with van der Waals surface area (Å²) in [5.74, 6) is -0.609. The number of methoxy groups -OCH3 is 1. The molecule has 1 N–H and O–H groups in total. The van der Waals surface area contributed by atoms with E-state index in [0.29, 0.717) is 33.5 Å². The summed E-state index contributed by atoms with van der Waals surface area (Å²) in [7, 11) is 0.696. The number of anilines is 1. The first-order valence-corrected chi connectivity index (χ1v) is 14.8. The Hall–Kier alpha value is -4.71. The molecule has 0 radical (unpaired) electrons. The van der Waals surface area contributed by atoms with Crippen LogP contribution >= 0.6 is 0 Å². The molecule has 0 spiro atoms. The fraction of sp³-hybridized carbons (Fsp3) is 0.233. The lowest BCUT2D eigenvalue weighted by Crippen LogP contribution is -2.27. The average Bonchev–Trinajstić information content (AvgIpc) is 3.30. The van der Waals surface area contributed by atoms with Gasteiger partial charge >= 0.3 is 0 Å². The van der Waals surface area contributed by atoms with Crippen molar-refractivity contribution in [1.82, 2.24) is 15.2 Å². The SMILES string of the molecule is CNC(=O)c1cc(F)ccc1CN1Cc2c(c(OCc3ccc(OC)cc3)c3ncccc3c2N(C)S(C)(=O)=O)C1=O. The zero-order valence-electron chi connectivity index (χ0n) is 23.5. The van der Waals surface area contributed by atoms with E-state index in [2.05, 4.69) is 10.3 Å². The largest absolute Gasteiger partial charge is 0.497 e. The number of amides is 2. The predicted molar refractivity (Wildman–Crippen MR) is 156 cm³/mol. The smallest absolute Gasteiger partial charge is 0.258 e. The van der Waals surface area contributed by atoms with E-state index in [1.807, 2.05) is 12.1 Å². The van der Waals surface area contributed by atoms with Crippen LogP contribution in [0.3, 0.4) is 0 Å². The summed E-state index contributed by atoms with van der Waals surface area (Å²) in [6.07, 6.45) is 2.63. The summed E-state index contributed by atoms with van der Waals surface area (Å²) < 4.78 is 52.2. The van der Waals surface area contributed by atoms with Gasteiger partial charge in [-0.25, -0.2) is 12.8 Å². The highest BCUT2D eigenvalue weighted by molar-refractivity contribution is 7.92. The van der Waals surface area contributed by atoms with Crippen LogP contribution in [0.2, 0.25) is 0 Å². The molecular formula is C30H29FN4O6S. The van der Waals surface area contributed by atoms with Crippen LogP contribution in [-0.4, -0.2) is 57.6 Å². The van der Waals surface area contributed by atoms with Gasteiger partial charge in [0.25, 0.3) is 11.8 Å². The third-order valence-electron chi connectivity index (χ3n) is 7.20. The molecule has 1 aliphatic rings. The van der Waals surface area contributed by atoms with E-state index < -0.39 is 27.7 Å². The van der Waals surface area contributed by atoms with E-state index in [1.54, 1.807) is 37.6 Å². The van der Waals surface area contributed by atoms with Crippen molar-refractivity contribution in [3.63, 3.8) is 0 Å². The van der Waals surface area contributed by atoms with Crippen molar-refractivity contribution in [1.29, 1.82) is 0 Å². The van der Waals surface area contributed by atoms with Gasteiger partial charge in [-0.3, -0.25) is 18.9 Å². The first-order valence-electron chi connectivity index (χ1n) is 13.0. The van der Waals surface area contributed by atoms with Crippen molar-refractivity contribution in [3.05, 3.63) is 94.4 Å². The first-order chi connectivity index (χ1) is 20.0. The summed E-state index contributed by atoms with van der Waals surface area (Å²) >= 11 is 0. The molecule has 42 heavy (non-hydrogen) atoms. The second kappa shape index (κ2) is 11.3. The Morgan fingerprint density at radius 3 is 2.57 bits per heavy atom. The lowest BCUT2D eigenvalue weighted by atomic mass is 10.0. The summed E-state index contributed by atoms with van der Waals surface area (Å²) in [4.78, 5) is 32.5. The third kappa shape index (κ3) is 5.32. The third-order valence-corrected chi connectivity index (χ3v) is 8.38. The molecule has 218 valence electrons. The minimum absolute atomic E-state index is 0.0254. The summed E-state index contributed by atoms with van der Waals surface area (Å²) in [6.45, 7) is 0.105. The normalized spacial score (nSPS) is 12.8. The summed E-state index contributed by atoms with van der Waals surface area (Å²) in [6, 6.07) is 14.5. The number of nitrogens with zero attached hydrogens (tertiary/aromatic N) is 3. The van der Waals surface area contributed by atoms with Gasteiger partial charge in [0.15, 0.2) is 5.75 Å². The number of benzene rings is 3. The maximum Gasteiger partial charge on any atom is 0.258 e. The minimum atomic E-state index is -3.74. The van der Waals surface area contributed by atoms with Crippen LogP contribution in [0.5, 0.6) is 11.5 Å². The number of sulfonamides is 1. The molecule has 2 amide bonds. The van der Waals surface area contributed by atoms with Crippen LogP contribution in [0.4, 0.5) is 10.1 Å². The number of hydrogen-bond acceptors (Lipinski definition) is 7. The lowest BCUT2D eigenvalue weighted by molar-refractivity contribution is 0.0760. The molecule has 0 atom stereocenters. The van der Waals surface area contributed by atoms with Gasteiger partial charge in [0.2, 0.25) is 10.0 Å². The van der Waals surface area contributed by atoms with Gasteiger partial charge in [-0.05, 0) is 47.5 Å². The molecule has 12 heteroatoms. The highest BCUT2D eigenvalue weighted by Gasteiger charge is 2.38. The Balaban J connectivity index is 1.64. The van der Waals surface area contributed by atoms with E-state index in [0.717, 1.165) is 22.2 Å². The van der Waals surface area contributed by atoms with Gasteiger partial charge in [-0.2, -0.15) is 0 Å². The van der Waals surface area contributed by atoms with Gasteiger partial charge in [0.05, 0.1) is 24.6 Å². The van der Waals surface area contributed by atoms with Gasteiger partial charge in [-0.1, -0.05) is 18.2 Å². The van der Waals surface area contributed by atoms with Crippen molar-refractivity contribution in [2.75, 3.05) is 31.8 Å². The van der Waals surface area contributed by atoms with Gasteiger partial charge in [-0.15, -0.1) is 0 Å². The topological polar surface area (TPSA) is 118 Å². The monoisotopic (exact) mass is 592 g/mol. The fourth-order valence-corrected chi connectivity index (χ4v) is 5.56. The molecular weight excluding hydrogens is 563 g/mol. The predicted octanol–water partition coefficient (Wildman–Crippen LogP) is 3.87. The van der Waals surface area contributed by atoms with Gasteiger partial charge < -0.3 is 19.7 Å². The second-order valence-corrected chi connectivity index (χ2v) is 11.9. The first kappa shape index (κ1) is 28.8. The van der Waals surface area contributed by atoms with Crippen LogP contribution in [0.15, 0.2) is 60.8 Å². The lowest BCUT2D eigenvalue weighted by Gasteiger charge is -2.23. The van der Waals surface area contributed by atoms with E-state index in [4.69, 9.17) is 9.47 Å². The zero-order chi connectivity index (χ0) is 30.2. The molecule has 0 saturated heterocycles.